The Hall–Kier alpha value is -1.11. The minimum Gasteiger partial charge on any atom is -0.386 e. The van der Waals surface area contributed by atoms with E-state index in [0.717, 1.165) is 10.1 Å². The van der Waals surface area contributed by atoms with Gasteiger partial charge in [-0.25, -0.2) is 0 Å². The normalized spacial score (nSPS) is 15.8. The highest BCUT2D eigenvalue weighted by Crippen LogP contribution is 2.32. The van der Waals surface area contributed by atoms with Crippen LogP contribution in [0.15, 0.2) is 29.6 Å². The topological polar surface area (TPSA) is 32.3 Å². The molecule has 6 heteroatoms. The standard InChI is InChI=1S/C12H12F3NOS/c1-16-11(12(13,14)15)10(17)8-2-3-9-7(6-8)4-5-18-9/h2-6,10-11,16-17H,1H3. The van der Waals surface area contributed by atoms with Crippen LogP contribution < -0.4 is 5.32 Å². The van der Waals surface area contributed by atoms with Crippen molar-refractivity contribution >= 4 is 21.4 Å². The number of halogens is 3. The summed E-state index contributed by atoms with van der Waals surface area (Å²) in [5.74, 6) is 0. The molecule has 0 spiro atoms. The Bertz CT molecular complexity index is 537. The second-order valence-electron chi connectivity index (χ2n) is 3.97. The first-order valence-electron chi connectivity index (χ1n) is 5.32. The number of rotatable bonds is 3. The molecule has 0 radical (unpaired) electrons. The molecule has 2 nitrogen and oxygen atoms in total. The van der Waals surface area contributed by atoms with Gasteiger partial charge in [-0.1, -0.05) is 6.07 Å². The van der Waals surface area contributed by atoms with Gasteiger partial charge in [0, 0.05) is 4.70 Å². The third-order valence-corrected chi connectivity index (χ3v) is 3.70. The van der Waals surface area contributed by atoms with E-state index in [2.05, 4.69) is 5.32 Å². The first kappa shape index (κ1) is 13.3. The molecule has 0 amide bonds. The molecular weight excluding hydrogens is 263 g/mol. The molecule has 2 aromatic rings. The lowest BCUT2D eigenvalue weighted by atomic mass is 10.0. The summed E-state index contributed by atoms with van der Waals surface area (Å²) >= 11 is 1.51. The largest absolute Gasteiger partial charge is 0.406 e. The van der Waals surface area contributed by atoms with E-state index >= 15 is 0 Å². The van der Waals surface area contributed by atoms with Gasteiger partial charge in [0.2, 0.25) is 0 Å². The highest BCUT2D eigenvalue weighted by molar-refractivity contribution is 7.17. The Labute approximate surface area is 106 Å². The number of aliphatic hydroxyl groups is 1. The van der Waals surface area contributed by atoms with E-state index in [0.29, 0.717) is 0 Å². The van der Waals surface area contributed by atoms with Crippen LogP contribution in [0.5, 0.6) is 0 Å². The Balaban J connectivity index is 2.34. The number of likely N-dealkylation sites (N-methyl/N-ethyl adjacent to an activating group) is 1. The Morgan fingerprint density at radius 1 is 1.28 bits per heavy atom. The van der Waals surface area contributed by atoms with Crippen LogP contribution in [0.25, 0.3) is 10.1 Å². The molecule has 0 aliphatic heterocycles. The highest BCUT2D eigenvalue weighted by atomic mass is 32.1. The van der Waals surface area contributed by atoms with E-state index in [1.165, 1.54) is 24.5 Å². The summed E-state index contributed by atoms with van der Waals surface area (Å²) in [7, 11) is 1.19. The van der Waals surface area contributed by atoms with Crippen molar-refractivity contribution in [1.82, 2.24) is 5.32 Å². The zero-order valence-corrected chi connectivity index (χ0v) is 10.3. The molecule has 2 atom stereocenters. The molecule has 2 rings (SSSR count). The van der Waals surface area contributed by atoms with Crippen molar-refractivity contribution in [3.05, 3.63) is 35.2 Å². The number of benzene rings is 1. The third kappa shape index (κ3) is 2.50. The van der Waals surface area contributed by atoms with Gasteiger partial charge < -0.3 is 10.4 Å². The van der Waals surface area contributed by atoms with Crippen molar-refractivity contribution in [3.63, 3.8) is 0 Å². The maximum absolute atomic E-state index is 12.7. The van der Waals surface area contributed by atoms with Crippen LogP contribution in [0.3, 0.4) is 0 Å². The van der Waals surface area contributed by atoms with Gasteiger partial charge in [-0.2, -0.15) is 13.2 Å². The molecule has 0 saturated heterocycles. The maximum Gasteiger partial charge on any atom is 0.406 e. The van der Waals surface area contributed by atoms with Crippen molar-refractivity contribution in [2.45, 2.75) is 18.3 Å². The number of aliphatic hydroxyl groups excluding tert-OH is 1. The Morgan fingerprint density at radius 2 is 2.00 bits per heavy atom. The summed E-state index contributed by atoms with van der Waals surface area (Å²) in [6.45, 7) is 0. The molecule has 0 fully saturated rings. The minimum atomic E-state index is -4.49. The molecule has 0 bridgehead atoms. The lowest BCUT2D eigenvalue weighted by Crippen LogP contribution is -2.44. The van der Waals surface area contributed by atoms with Crippen LogP contribution >= 0.6 is 11.3 Å². The Kier molecular flexibility index (Phi) is 3.61. The summed E-state index contributed by atoms with van der Waals surface area (Å²) < 4.78 is 39.1. The quantitative estimate of drug-likeness (QED) is 0.902. The highest BCUT2D eigenvalue weighted by Gasteiger charge is 2.43. The van der Waals surface area contributed by atoms with E-state index in [9.17, 15) is 18.3 Å². The van der Waals surface area contributed by atoms with Crippen LogP contribution in [-0.2, 0) is 0 Å². The van der Waals surface area contributed by atoms with Gasteiger partial charge >= 0.3 is 6.18 Å². The molecule has 2 unspecified atom stereocenters. The van der Waals surface area contributed by atoms with E-state index < -0.39 is 18.3 Å². The van der Waals surface area contributed by atoms with Crippen molar-refractivity contribution in [1.29, 1.82) is 0 Å². The van der Waals surface area contributed by atoms with E-state index in [1.807, 2.05) is 11.4 Å². The molecule has 0 aliphatic carbocycles. The number of hydrogen-bond donors (Lipinski definition) is 2. The molecule has 98 valence electrons. The number of fused-ring (bicyclic) bond motifs is 1. The Morgan fingerprint density at radius 3 is 2.61 bits per heavy atom. The predicted octanol–water partition coefficient (Wildman–Crippen LogP) is 3.09. The summed E-state index contributed by atoms with van der Waals surface area (Å²) in [6.07, 6.45) is -6.10. The van der Waals surface area contributed by atoms with Crippen molar-refractivity contribution in [3.8, 4) is 0 Å². The van der Waals surface area contributed by atoms with Gasteiger partial charge in [-0.15, -0.1) is 11.3 Å². The molecular formula is C12H12F3NOS. The monoisotopic (exact) mass is 275 g/mol. The molecule has 1 aromatic heterocycles. The second-order valence-corrected chi connectivity index (χ2v) is 4.92. The van der Waals surface area contributed by atoms with Gasteiger partial charge in [0.25, 0.3) is 0 Å². The van der Waals surface area contributed by atoms with E-state index in [-0.39, 0.29) is 5.56 Å². The van der Waals surface area contributed by atoms with Gasteiger partial charge in [-0.3, -0.25) is 0 Å². The van der Waals surface area contributed by atoms with Crippen LogP contribution in [0.1, 0.15) is 11.7 Å². The first-order chi connectivity index (χ1) is 8.43. The lowest BCUT2D eigenvalue weighted by Gasteiger charge is -2.25. The smallest absolute Gasteiger partial charge is 0.386 e. The van der Waals surface area contributed by atoms with Crippen molar-refractivity contribution in [2.75, 3.05) is 7.05 Å². The van der Waals surface area contributed by atoms with Crippen molar-refractivity contribution in [2.24, 2.45) is 0 Å². The molecule has 0 saturated carbocycles. The maximum atomic E-state index is 12.7. The molecule has 0 aliphatic rings. The average Bonchev–Trinajstić information content (AvgIpc) is 2.74. The van der Waals surface area contributed by atoms with Crippen LogP contribution in [-0.4, -0.2) is 24.4 Å². The van der Waals surface area contributed by atoms with Crippen LogP contribution in [0.4, 0.5) is 13.2 Å². The van der Waals surface area contributed by atoms with Crippen LogP contribution in [0, 0.1) is 0 Å². The minimum absolute atomic E-state index is 0.262. The average molecular weight is 275 g/mol. The number of hydrogen-bond acceptors (Lipinski definition) is 3. The summed E-state index contributed by atoms with van der Waals surface area (Å²) in [4.78, 5) is 0. The predicted molar refractivity (Wildman–Crippen MR) is 65.7 cm³/mol. The number of nitrogens with one attached hydrogen (secondary N) is 1. The van der Waals surface area contributed by atoms with E-state index in [4.69, 9.17) is 0 Å². The van der Waals surface area contributed by atoms with Crippen LogP contribution in [0.2, 0.25) is 0 Å². The fraction of sp³-hybridized carbons (Fsp3) is 0.333. The van der Waals surface area contributed by atoms with Gasteiger partial charge in [0.15, 0.2) is 0 Å². The summed E-state index contributed by atoms with van der Waals surface area (Å²) in [5, 5.41) is 14.6. The summed E-state index contributed by atoms with van der Waals surface area (Å²) in [6, 6.07) is 4.69. The number of alkyl halides is 3. The SMILES string of the molecule is CNC(C(O)c1ccc2sccc2c1)C(F)(F)F. The number of thiophene rings is 1. The first-order valence-corrected chi connectivity index (χ1v) is 6.20. The summed E-state index contributed by atoms with van der Waals surface area (Å²) in [5.41, 5.74) is 0.262. The van der Waals surface area contributed by atoms with Gasteiger partial charge in [0.05, 0.1) is 0 Å². The zero-order valence-electron chi connectivity index (χ0n) is 9.53. The lowest BCUT2D eigenvalue weighted by molar-refractivity contribution is -0.177. The molecule has 18 heavy (non-hydrogen) atoms. The third-order valence-electron chi connectivity index (χ3n) is 2.80. The molecule has 1 aromatic carbocycles. The molecule has 2 N–H and O–H groups in total. The van der Waals surface area contributed by atoms with Crippen molar-refractivity contribution < 1.29 is 18.3 Å². The zero-order chi connectivity index (χ0) is 13.3. The van der Waals surface area contributed by atoms with Gasteiger partial charge in [0.1, 0.15) is 12.1 Å². The fourth-order valence-corrected chi connectivity index (χ4v) is 2.63. The second kappa shape index (κ2) is 4.87. The molecule has 1 heterocycles. The van der Waals surface area contributed by atoms with Gasteiger partial charge in [-0.05, 0) is 41.6 Å². The fourth-order valence-electron chi connectivity index (χ4n) is 1.86. The van der Waals surface area contributed by atoms with E-state index in [1.54, 1.807) is 12.1 Å².